The molecule has 2 aromatic rings. The molecule has 3 aliphatic heterocycles. The number of amides is 2. The zero-order valence-electron chi connectivity index (χ0n) is 18.9. The Bertz CT molecular complexity index is 1200. The number of anilines is 2. The van der Waals surface area contributed by atoms with Gasteiger partial charge in [-0.2, -0.15) is 0 Å². The largest absolute Gasteiger partial charge is 0.497 e. The van der Waals surface area contributed by atoms with Crippen LogP contribution in [0.2, 0.25) is 0 Å². The van der Waals surface area contributed by atoms with Crippen molar-refractivity contribution in [3.05, 3.63) is 59.9 Å². The van der Waals surface area contributed by atoms with Crippen LogP contribution in [0.3, 0.4) is 0 Å². The molecule has 5 rings (SSSR count). The van der Waals surface area contributed by atoms with Gasteiger partial charge in [-0.05, 0) is 42.5 Å². The smallest absolute Gasteiger partial charge is 0.240 e. The number of halogens is 1. The van der Waals surface area contributed by atoms with Crippen LogP contribution in [0.5, 0.6) is 5.75 Å². The SMILES string of the molecule is COc1ccc2c(c1)C=C[C@@H]1[C@H]3C(=O)N(c4ccc(F)cc4)C(=O)[C@@H]3[C@@H](C(=O)C(C)(C)C)N21. The number of hydrogen-bond acceptors (Lipinski definition) is 5. The fourth-order valence-corrected chi connectivity index (χ4v) is 5.27. The molecule has 4 atom stereocenters. The first-order chi connectivity index (χ1) is 15.6. The van der Waals surface area contributed by atoms with E-state index in [2.05, 4.69) is 0 Å². The Morgan fingerprint density at radius 3 is 2.30 bits per heavy atom. The molecular weight excluding hydrogens is 423 g/mol. The molecule has 2 fully saturated rings. The third-order valence-corrected chi connectivity index (χ3v) is 6.81. The second-order valence-electron chi connectivity index (χ2n) is 9.78. The van der Waals surface area contributed by atoms with Crippen molar-refractivity contribution in [1.29, 1.82) is 0 Å². The molecule has 0 bridgehead atoms. The fourth-order valence-electron chi connectivity index (χ4n) is 5.27. The Hall–Kier alpha value is -3.48. The van der Waals surface area contributed by atoms with E-state index in [1.807, 2.05) is 56.0 Å². The number of carbonyl (C=O) groups excluding carboxylic acids is 3. The van der Waals surface area contributed by atoms with Crippen LogP contribution >= 0.6 is 0 Å². The molecule has 0 spiro atoms. The molecule has 2 aromatic carbocycles. The summed E-state index contributed by atoms with van der Waals surface area (Å²) < 4.78 is 18.8. The number of rotatable bonds is 3. The van der Waals surface area contributed by atoms with Crippen LogP contribution in [-0.2, 0) is 14.4 Å². The minimum absolute atomic E-state index is 0.0980. The lowest BCUT2D eigenvalue weighted by molar-refractivity contribution is -0.132. The van der Waals surface area contributed by atoms with Gasteiger partial charge in [-0.1, -0.05) is 32.9 Å². The van der Waals surface area contributed by atoms with Crippen LogP contribution in [0, 0.1) is 23.1 Å². The summed E-state index contributed by atoms with van der Waals surface area (Å²) in [5, 5.41) is 0. The van der Waals surface area contributed by atoms with Gasteiger partial charge in [-0.3, -0.25) is 14.4 Å². The second-order valence-corrected chi connectivity index (χ2v) is 9.78. The van der Waals surface area contributed by atoms with Gasteiger partial charge in [0.25, 0.3) is 0 Å². The number of hydrogen-bond donors (Lipinski definition) is 0. The van der Waals surface area contributed by atoms with Crippen molar-refractivity contribution in [1.82, 2.24) is 0 Å². The molecule has 3 aliphatic rings. The predicted molar refractivity (Wildman–Crippen MR) is 122 cm³/mol. The summed E-state index contributed by atoms with van der Waals surface area (Å²) in [6, 6.07) is 9.62. The second kappa shape index (κ2) is 7.27. The number of ether oxygens (including phenoxy) is 1. The summed E-state index contributed by atoms with van der Waals surface area (Å²) in [5.74, 6) is -2.17. The normalized spacial score (nSPS) is 25.7. The van der Waals surface area contributed by atoms with E-state index in [4.69, 9.17) is 4.74 Å². The Morgan fingerprint density at radius 1 is 1.00 bits per heavy atom. The van der Waals surface area contributed by atoms with Crippen molar-refractivity contribution in [3.63, 3.8) is 0 Å². The van der Waals surface area contributed by atoms with Crippen molar-refractivity contribution < 1.29 is 23.5 Å². The highest BCUT2D eigenvalue weighted by molar-refractivity contribution is 6.25. The molecule has 2 saturated heterocycles. The Labute approximate surface area is 191 Å². The monoisotopic (exact) mass is 448 g/mol. The summed E-state index contributed by atoms with van der Waals surface area (Å²) >= 11 is 0. The van der Waals surface area contributed by atoms with E-state index >= 15 is 0 Å². The van der Waals surface area contributed by atoms with Gasteiger partial charge >= 0.3 is 0 Å². The van der Waals surface area contributed by atoms with Crippen LogP contribution in [-0.4, -0.2) is 36.8 Å². The number of carbonyl (C=O) groups is 3. The highest BCUT2D eigenvalue weighted by atomic mass is 19.1. The van der Waals surface area contributed by atoms with Crippen molar-refractivity contribution in [2.75, 3.05) is 16.9 Å². The molecule has 170 valence electrons. The van der Waals surface area contributed by atoms with E-state index < -0.39 is 41.1 Å². The number of benzene rings is 2. The zero-order chi connectivity index (χ0) is 23.7. The van der Waals surface area contributed by atoms with Gasteiger partial charge in [0.15, 0.2) is 5.78 Å². The lowest BCUT2D eigenvalue weighted by Gasteiger charge is -2.38. The van der Waals surface area contributed by atoms with Crippen LogP contribution in [0.1, 0.15) is 26.3 Å². The lowest BCUT2D eigenvalue weighted by atomic mass is 9.79. The number of methoxy groups -OCH3 is 1. The van der Waals surface area contributed by atoms with Crippen LogP contribution in [0.25, 0.3) is 6.08 Å². The molecule has 0 unspecified atom stereocenters. The Morgan fingerprint density at radius 2 is 1.67 bits per heavy atom. The third-order valence-electron chi connectivity index (χ3n) is 6.81. The molecule has 0 N–H and O–H groups in total. The number of Topliss-reactive ketones (excluding diaryl/α,β-unsaturated/α-hetero) is 1. The average molecular weight is 448 g/mol. The van der Waals surface area contributed by atoms with E-state index in [9.17, 15) is 18.8 Å². The topological polar surface area (TPSA) is 66.9 Å². The van der Waals surface area contributed by atoms with E-state index in [0.29, 0.717) is 11.4 Å². The summed E-state index contributed by atoms with van der Waals surface area (Å²) in [4.78, 5) is 44.0. The maximum Gasteiger partial charge on any atom is 0.240 e. The van der Waals surface area contributed by atoms with E-state index in [-0.39, 0.29) is 11.7 Å². The summed E-state index contributed by atoms with van der Waals surface area (Å²) in [6.07, 6.45) is 3.81. The maximum atomic E-state index is 13.7. The van der Waals surface area contributed by atoms with Crippen LogP contribution < -0.4 is 14.5 Å². The van der Waals surface area contributed by atoms with Gasteiger partial charge in [-0.15, -0.1) is 0 Å². The minimum Gasteiger partial charge on any atom is -0.497 e. The molecule has 3 heterocycles. The molecule has 7 heteroatoms. The number of ketones is 1. The van der Waals surface area contributed by atoms with Gasteiger partial charge in [0.05, 0.1) is 30.7 Å². The number of fused-ring (bicyclic) bond motifs is 5. The van der Waals surface area contributed by atoms with Gasteiger partial charge in [0, 0.05) is 16.7 Å². The predicted octanol–water partition coefficient (Wildman–Crippen LogP) is 3.84. The first-order valence-corrected chi connectivity index (χ1v) is 11.0. The highest BCUT2D eigenvalue weighted by Crippen LogP contribution is 2.50. The van der Waals surface area contributed by atoms with Gasteiger partial charge < -0.3 is 9.64 Å². The van der Waals surface area contributed by atoms with Crippen molar-refractivity contribution >= 4 is 35.0 Å². The minimum atomic E-state index is -0.822. The summed E-state index contributed by atoms with van der Waals surface area (Å²) in [6.45, 7) is 5.47. The Balaban J connectivity index is 1.64. The fraction of sp³-hybridized carbons (Fsp3) is 0.346. The van der Waals surface area contributed by atoms with Crippen molar-refractivity contribution in [2.45, 2.75) is 32.9 Å². The molecule has 0 aliphatic carbocycles. The molecule has 0 radical (unpaired) electrons. The summed E-state index contributed by atoms with van der Waals surface area (Å²) in [7, 11) is 1.59. The van der Waals surface area contributed by atoms with Gasteiger partial charge in [0.2, 0.25) is 11.8 Å². The number of imide groups is 1. The molecule has 6 nitrogen and oxygen atoms in total. The van der Waals surface area contributed by atoms with Crippen LogP contribution in [0.4, 0.5) is 15.8 Å². The van der Waals surface area contributed by atoms with E-state index in [1.54, 1.807) is 7.11 Å². The molecule has 0 saturated carbocycles. The van der Waals surface area contributed by atoms with E-state index in [1.165, 1.54) is 24.3 Å². The zero-order valence-corrected chi connectivity index (χ0v) is 18.9. The molecule has 33 heavy (non-hydrogen) atoms. The number of nitrogens with zero attached hydrogens (tertiary/aromatic N) is 2. The Kier molecular flexibility index (Phi) is 4.71. The standard InChI is InChI=1S/C26H25FN2O4/c1-26(2,3)23(30)22-21-20(24(31)28(25(21)32)16-8-6-15(27)7-9-16)19-11-5-14-13-17(33-4)10-12-18(14)29(19)22/h5-13,19-22H,1-4H3/t19-,20-,21+,22+/m1/s1. The molecule has 2 amide bonds. The van der Waals surface area contributed by atoms with Crippen molar-refractivity contribution in [2.24, 2.45) is 17.3 Å². The lowest BCUT2D eigenvalue weighted by Crippen LogP contribution is -2.51. The van der Waals surface area contributed by atoms with Gasteiger partial charge in [0.1, 0.15) is 17.6 Å². The van der Waals surface area contributed by atoms with E-state index in [0.717, 1.165) is 16.2 Å². The van der Waals surface area contributed by atoms with Crippen LogP contribution in [0.15, 0.2) is 48.5 Å². The molecule has 0 aromatic heterocycles. The average Bonchev–Trinajstić information content (AvgIpc) is 3.26. The third kappa shape index (κ3) is 3.09. The molecular formula is C26H25FN2O4. The quantitative estimate of drug-likeness (QED) is 0.668. The van der Waals surface area contributed by atoms with Gasteiger partial charge in [-0.25, -0.2) is 9.29 Å². The highest BCUT2D eigenvalue weighted by Gasteiger charge is 2.65. The summed E-state index contributed by atoms with van der Waals surface area (Å²) in [5.41, 5.74) is 1.27. The first-order valence-electron chi connectivity index (χ1n) is 11.0. The van der Waals surface area contributed by atoms with Crippen molar-refractivity contribution in [3.8, 4) is 5.75 Å². The first kappa shape index (κ1) is 21.4. The maximum absolute atomic E-state index is 13.7.